The Morgan fingerprint density at radius 2 is 1.61 bits per heavy atom. The number of nitriles is 2. The number of carbonyl (C=O) groups excluding carboxylic acids is 1. The van der Waals surface area contributed by atoms with E-state index in [1.165, 1.54) is 59.5 Å². The van der Waals surface area contributed by atoms with Crippen molar-refractivity contribution < 1.29 is 22.5 Å². The molecule has 14 heteroatoms. The summed E-state index contributed by atoms with van der Waals surface area (Å²) in [6.45, 7) is 0.316. The molecule has 54 heavy (non-hydrogen) atoms. The zero-order chi connectivity index (χ0) is 38.7. The summed E-state index contributed by atoms with van der Waals surface area (Å²) in [6.07, 6.45) is -1.16. The van der Waals surface area contributed by atoms with Crippen molar-refractivity contribution >= 4 is 50.9 Å². The van der Waals surface area contributed by atoms with Gasteiger partial charge in [-0.05, 0) is 78.3 Å². The van der Waals surface area contributed by atoms with Crippen LogP contribution in [-0.4, -0.2) is 44.9 Å². The van der Waals surface area contributed by atoms with Crippen LogP contribution in [0.1, 0.15) is 33.5 Å². The summed E-state index contributed by atoms with van der Waals surface area (Å²) in [5.74, 6) is -0.571. The van der Waals surface area contributed by atoms with E-state index in [2.05, 4.69) is 16.7 Å². The van der Waals surface area contributed by atoms with Crippen LogP contribution >= 0.6 is 34.0 Å². The summed E-state index contributed by atoms with van der Waals surface area (Å²) in [7, 11) is -1.45. The summed E-state index contributed by atoms with van der Waals surface area (Å²) in [5, 5.41) is 21.1. The van der Waals surface area contributed by atoms with Gasteiger partial charge in [0.1, 0.15) is 5.82 Å². The maximum Gasteiger partial charge on any atom is 0.263 e. The number of hydrogen-bond donors (Lipinski definition) is 1. The highest BCUT2D eigenvalue weighted by atomic mass is 35.5. The fourth-order valence-electron chi connectivity index (χ4n) is 6.40. The van der Waals surface area contributed by atoms with E-state index in [1.807, 2.05) is 0 Å². The number of nitroso groups, excluding NO2 is 1. The lowest BCUT2D eigenvalue weighted by atomic mass is 9.90. The number of nitrogens with zero attached hydrogens (tertiary/aromatic N) is 5. The standard InChI is InChI=1S/C40H29ClF3N5O3S2/c1-48(17-18-53-52)40(50)27-11-15-32(34(41)20-27)25-5-3-6-26(19-25)38-37(36-28(22-45)7-4-8-29(36)23-46)33-21-30(42)12-16-35(33)49(38)54(2,47-51)31-13-9-24(10-14-31)39(43)44/h3-16,19-21,39,52H,17-18H2,1-2H3. The van der Waals surface area contributed by atoms with Gasteiger partial charge in [0.25, 0.3) is 12.3 Å². The fraction of sp³-hybridized carbons (Fsp3) is 0.125. The minimum atomic E-state index is -3.07. The molecule has 8 nitrogen and oxygen atoms in total. The first kappa shape index (κ1) is 38.2. The molecule has 6 aromatic rings. The Kier molecular flexibility index (Phi) is 11.2. The van der Waals surface area contributed by atoms with Gasteiger partial charge in [-0.2, -0.15) is 10.5 Å². The van der Waals surface area contributed by atoms with Crippen LogP contribution in [0.2, 0.25) is 5.02 Å². The molecule has 1 amide bonds. The fourth-order valence-corrected chi connectivity index (χ4v) is 9.15. The second-order valence-corrected chi connectivity index (χ2v) is 16.0. The van der Waals surface area contributed by atoms with Crippen molar-refractivity contribution in [3.8, 4) is 45.6 Å². The van der Waals surface area contributed by atoms with E-state index in [-0.39, 0.29) is 44.1 Å². The molecule has 1 aromatic heterocycles. The number of rotatable bonds is 11. The van der Waals surface area contributed by atoms with E-state index in [1.54, 1.807) is 65.8 Å². The van der Waals surface area contributed by atoms with Gasteiger partial charge < -0.3 is 9.45 Å². The summed E-state index contributed by atoms with van der Waals surface area (Å²) in [5.41, 5.74) is 3.13. The van der Waals surface area contributed by atoms with Crippen LogP contribution in [0.15, 0.2) is 113 Å². The van der Waals surface area contributed by atoms with Crippen molar-refractivity contribution in [2.75, 3.05) is 25.6 Å². The largest absolute Gasteiger partial charge is 0.341 e. The first-order valence-corrected chi connectivity index (χ1v) is 19.5. The molecular weight excluding hydrogens is 755 g/mol. The van der Waals surface area contributed by atoms with E-state index >= 15 is 4.39 Å². The van der Waals surface area contributed by atoms with Crippen molar-refractivity contribution in [1.82, 2.24) is 8.87 Å². The first-order chi connectivity index (χ1) is 26.0. The van der Waals surface area contributed by atoms with Crippen molar-refractivity contribution in [2.45, 2.75) is 11.3 Å². The van der Waals surface area contributed by atoms with Crippen LogP contribution < -0.4 is 0 Å². The molecule has 5 aromatic carbocycles. The minimum Gasteiger partial charge on any atom is -0.341 e. The number of fused-ring (bicyclic) bond motifs is 1. The van der Waals surface area contributed by atoms with Crippen molar-refractivity contribution in [1.29, 1.82) is 10.5 Å². The van der Waals surface area contributed by atoms with Gasteiger partial charge in [0.2, 0.25) is 0 Å². The number of carbonyl (C=O) groups is 1. The topological polar surface area (TPSA) is 122 Å². The second-order valence-electron chi connectivity index (χ2n) is 12.2. The second kappa shape index (κ2) is 15.8. The average molecular weight is 784 g/mol. The summed E-state index contributed by atoms with van der Waals surface area (Å²) in [4.78, 5) is 28.1. The van der Waals surface area contributed by atoms with Gasteiger partial charge in [0, 0.05) is 89.3 Å². The molecule has 272 valence electrons. The Morgan fingerprint density at radius 3 is 2.22 bits per heavy atom. The molecule has 6 rings (SSSR count). The van der Waals surface area contributed by atoms with Crippen LogP contribution in [0, 0.1) is 33.4 Å². The molecular formula is C40H29ClF3N5O3S2. The van der Waals surface area contributed by atoms with Gasteiger partial charge in [0.15, 0.2) is 0 Å². The highest BCUT2D eigenvalue weighted by Gasteiger charge is 2.34. The third-order valence-electron chi connectivity index (χ3n) is 9.05. The highest BCUT2D eigenvalue weighted by molar-refractivity contribution is 8.31. The molecule has 0 saturated carbocycles. The summed E-state index contributed by atoms with van der Waals surface area (Å²) < 4.78 is 56.9. The maximum absolute atomic E-state index is 15.2. The molecule has 0 fully saturated rings. The number of alkyl halides is 2. The third-order valence-corrected chi connectivity index (χ3v) is 12.3. The summed E-state index contributed by atoms with van der Waals surface area (Å²) >= 11 is 7.44. The Hall–Kier alpha value is -5.57. The van der Waals surface area contributed by atoms with E-state index in [0.29, 0.717) is 62.7 Å². The van der Waals surface area contributed by atoms with E-state index in [4.69, 9.17) is 16.2 Å². The van der Waals surface area contributed by atoms with Gasteiger partial charge in [-0.3, -0.25) is 8.77 Å². The molecule has 0 saturated heterocycles. The van der Waals surface area contributed by atoms with E-state index < -0.39 is 22.6 Å². The molecule has 0 aliphatic heterocycles. The Bertz CT molecular complexity index is 2480. The first-order valence-electron chi connectivity index (χ1n) is 16.2. The molecule has 0 bridgehead atoms. The van der Waals surface area contributed by atoms with Crippen LogP contribution in [0.3, 0.4) is 0 Å². The smallest absolute Gasteiger partial charge is 0.263 e. The van der Waals surface area contributed by atoms with Crippen LogP contribution in [-0.2, 0) is 0 Å². The number of halogens is 4. The molecule has 0 aliphatic carbocycles. The van der Waals surface area contributed by atoms with Gasteiger partial charge in [0.05, 0.1) is 34.5 Å². The number of amides is 1. The van der Waals surface area contributed by atoms with Crippen LogP contribution in [0.4, 0.5) is 13.2 Å². The zero-order valence-corrected chi connectivity index (χ0v) is 31.0. The predicted molar refractivity (Wildman–Crippen MR) is 209 cm³/mol. The Balaban J connectivity index is 1.67. The normalized spacial score (nSPS) is 12.9. The molecule has 0 radical (unpaired) electrons. The third kappa shape index (κ3) is 6.95. The lowest BCUT2D eigenvalue weighted by molar-refractivity contribution is 0.0803. The number of hydrogen-bond acceptors (Lipinski definition) is 7. The summed E-state index contributed by atoms with van der Waals surface area (Å²) in [6, 6.07) is 30.1. The van der Waals surface area contributed by atoms with Crippen molar-refractivity contribution in [2.24, 2.45) is 4.58 Å². The molecule has 1 unspecified atom stereocenters. The monoisotopic (exact) mass is 783 g/mol. The molecule has 1 atom stereocenters. The van der Waals surface area contributed by atoms with Gasteiger partial charge in [-0.15, -0.1) is 4.91 Å². The van der Waals surface area contributed by atoms with Crippen LogP contribution in [0.25, 0.3) is 44.4 Å². The number of benzene rings is 5. The lowest BCUT2D eigenvalue weighted by Crippen LogP contribution is -2.28. The van der Waals surface area contributed by atoms with Gasteiger partial charge in [-0.25, -0.2) is 13.2 Å². The minimum absolute atomic E-state index is 0.123. The van der Waals surface area contributed by atoms with Crippen molar-refractivity contribution in [3.63, 3.8) is 0 Å². The number of aromatic nitrogens is 1. The van der Waals surface area contributed by atoms with Gasteiger partial charge in [-0.1, -0.05) is 54.1 Å². The average Bonchev–Trinajstić information content (AvgIpc) is 3.53. The molecule has 1 N–H and O–H groups in total. The SMILES string of the molecule is CN(CCSO)C(=O)c1ccc(-c2cccc(-c3c(-c4c(C#N)cccc4C#N)c4cc(F)ccc4n3S(C)(N=O)c3ccc(C(F)F)cc3)c2)c(Cl)c1. The van der Waals surface area contributed by atoms with E-state index in [9.17, 15) is 29.0 Å². The Morgan fingerprint density at radius 1 is 0.944 bits per heavy atom. The molecule has 0 spiro atoms. The molecule has 1 heterocycles. The predicted octanol–water partition coefficient (Wildman–Crippen LogP) is 11.3. The lowest BCUT2D eigenvalue weighted by Gasteiger charge is -2.33. The maximum atomic E-state index is 15.2. The highest BCUT2D eigenvalue weighted by Crippen LogP contribution is 2.61. The zero-order valence-electron chi connectivity index (χ0n) is 28.6. The molecule has 0 aliphatic rings. The Labute approximate surface area is 319 Å². The van der Waals surface area contributed by atoms with Crippen molar-refractivity contribution in [3.05, 3.63) is 141 Å². The van der Waals surface area contributed by atoms with E-state index in [0.717, 1.165) is 0 Å². The van der Waals surface area contributed by atoms with Crippen LogP contribution in [0.5, 0.6) is 0 Å². The quantitative estimate of drug-likeness (QED) is 0.103. The van der Waals surface area contributed by atoms with Gasteiger partial charge >= 0.3 is 0 Å².